The second kappa shape index (κ2) is 5.27. The van der Waals surface area contributed by atoms with E-state index in [0.717, 1.165) is 23.2 Å². The minimum absolute atomic E-state index is 0.197. The van der Waals surface area contributed by atoms with Crippen LogP contribution in [0.1, 0.15) is 31.9 Å². The van der Waals surface area contributed by atoms with Crippen LogP contribution in [-0.4, -0.2) is 14.6 Å². The summed E-state index contributed by atoms with van der Waals surface area (Å²) < 4.78 is 6.23. The molecule has 1 aromatic carbocycles. The summed E-state index contributed by atoms with van der Waals surface area (Å²) in [6, 6.07) is 6.01. The number of hydrogen-bond acceptors (Lipinski definition) is 2. The van der Waals surface area contributed by atoms with Gasteiger partial charge in [-0.15, -0.1) is 0 Å². The molecule has 0 heterocycles. The topological polar surface area (TPSA) is 26.3 Å². The van der Waals surface area contributed by atoms with Crippen LogP contribution in [0.4, 0.5) is 0 Å². The summed E-state index contributed by atoms with van der Waals surface area (Å²) in [5.41, 5.74) is 2.20. The Morgan fingerprint density at radius 2 is 1.89 bits per heavy atom. The van der Waals surface area contributed by atoms with Gasteiger partial charge in [-0.05, 0) is 48.3 Å². The molecule has 0 spiro atoms. The molecule has 0 N–H and O–H groups in total. The van der Waals surface area contributed by atoms with Gasteiger partial charge in [0.15, 0.2) is 0 Å². The average Bonchev–Trinajstić information content (AvgIpc) is 2.20. The Balaban J connectivity index is 2.93. The minimum atomic E-state index is -1.77. The van der Waals surface area contributed by atoms with Crippen molar-refractivity contribution in [2.75, 3.05) is 0 Å². The van der Waals surface area contributed by atoms with E-state index in [1.807, 2.05) is 25.1 Å². The Morgan fingerprint density at radius 3 is 2.33 bits per heavy atom. The molecule has 0 radical (unpaired) electrons. The normalized spacial score (nSPS) is 12.3. The zero-order valence-corrected chi connectivity index (χ0v) is 13.3. The lowest BCUT2D eigenvalue weighted by Crippen LogP contribution is -2.43. The predicted octanol–water partition coefficient (Wildman–Crippen LogP) is 4.12. The summed E-state index contributed by atoms with van der Waals surface area (Å²) >= 11 is 0. The van der Waals surface area contributed by atoms with Gasteiger partial charge in [-0.1, -0.05) is 26.8 Å². The van der Waals surface area contributed by atoms with Gasteiger partial charge in [0.1, 0.15) is 12.0 Å². The van der Waals surface area contributed by atoms with Crippen molar-refractivity contribution in [1.29, 1.82) is 0 Å². The molecule has 0 aliphatic heterocycles. The van der Waals surface area contributed by atoms with E-state index in [9.17, 15) is 4.79 Å². The molecule has 0 atom stereocenters. The highest BCUT2D eigenvalue weighted by molar-refractivity contribution is 6.74. The highest BCUT2D eigenvalue weighted by Crippen LogP contribution is 2.37. The predicted molar refractivity (Wildman–Crippen MR) is 78.8 cm³/mol. The lowest BCUT2D eigenvalue weighted by atomic mass is 10.1. The Morgan fingerprint density at radius 1 is 1.28 bits per heavy atom. The number of benzene rings is 1. The van der Waals surface area contributed by atoms with Crippen molar-refractivity contribution in [3.63, 3.8) is 0 Å². The van der Waals surface area contributed by atoms with Crippen LogP contribution < -0.4 is 4.43 Å². The maximum Gasteiger partial charge on any atom is 0.250 e. The summed E-state index contributed by atoms with van der Waals surface area (Å²) in [7, 11) is -1.77. The third-order valence-corrected chi connectivity index (χ3v) is 8.15. The molecule has 2 nitrogen and oxygen atoms in total. The molecule has 1 rings (SSSR count). The molecular weight excluding hydrogens is 240 g/mol. The number of aldehydes is 1. The number of hydrogen-bond donors (Lipinski definition) is 0. The molecule has 0 aliphatic rings. The summed E-state index contributed by atoms with van der Waals surface area (Å²) in [6.45, 7) is 13.2. The van der Waals surface area contributed by atoms with Crippen molar-refractivity contribution in [3.8, 4) is 5.75 Å². The van der Waals surface area contributed by atoms with Crippen LogP contribution in [0.25, 0.3) is 0 Å². The quantitative estimate of drug-likeness (QED) is 0.604. The second-order valence-corrected chi connectivity index (χ2v) is 11.0. The number of carbonyl (C=O) groups is 1. The molecule has 18 heavy (non-hydrogen) atoms. The Kier molecular flexibility index (Phi) is 4.38. The fraction of sp³-hybridized carbons (Fsp3) is 0.533. The van der Waals surface area contributed by atoms with E-state index in [2.05, 4.69) is 33.9 Å². The van der Waals surface area contributed by atoms with E-state index in [4.69, 9.17) is 4.43 Å². The van der Waals surface area contributed by atoms with Gasteiger partial charge >= 0.3 is 0 Å². The van der Waals surface area contributed by atoms with E-state index >= 15 is 0 Å². The lowest BCUT2D eigenvalue weighted by molar-refractivity contribution is -0.107. The van der Waals surface area contributed by atoms with Gasteiger partial charge in [0.25, 0.3) is 0 Å². The van der Waals surface area contributed by atoms with Gasteiger partial charge in [0.05, 0.1) is 0 Å². The van der Waals surface area contributed by atoms with Crippen molar-refractivity contribution in [2.45, 2.75) is 52.2 Å². The molecular formula is C15H24O2Si. The van der Waals surface area contributed by atoms with Crippen molar-refractivity contribution in [3.05, 3.63) is 29.3 Å². The van der Waals surface area contributed by atoms with Crippen molar-refractivity contribution < 1.29 is 9.22 Å². The van der Waals surface area contributed by atoms with Crippen LogP contribution in [0.5, 0.6) is 5.75 Å². The molecule has 3 heteroatoms. The fourth-order valence-electron chi connectivity index (χ4n) is 1.50. The fourth-order valence-corrected chi connectivity index (χ4v) is 2.52. The standard InChI is InChI=1S/C15H24O2Si/c1-12-11-14(8-7-13(12)9-10-16)17-18(5,6)15(2,3)4/h7-8,10-11H,9H2,1-6H3. The van der Waals surface area contributed by atoms with Gasteiger partial charge in [-0.2, -0.15) is 0 Å². The maximum absolute atomic E-state index is 10.5. The van der Waals surface area contributed by atoms with Gasteiger partial charge in [0.2, 0.25) is 8.32 Å². The van der Waals surface area contributed by atoms with Crippen LogP contribution in [0.3, 0.4) is 0 Å². The molecule has 0 fully saturated rings. The first-order valence-electron chi connectivity index (χ1n) is 6.39. The average molecular weight is 264 g/mol. The molecule has 0 bridgehead atoms. The molecule has 0 saturated heterocycles. The van der Waals surface area contributed by atoms with E-state index in [1.165, 1.54) is 0 Å². The molecule has 100 valence electrons. The van der Waals surface area contributed by atoms with Crippen LogP contribution in [0.2, 0.25) is 18.1 Å². The van der Waals surface area contributed by atoms with Crippen LogP contribution >= 0.6 is 0 Å². The van der Waals surface area contributed by atoms with E-state index in [0.29, 0.717) is 6.42 Å². The molecule has 0 aromatic heterocycles. The van der Waals surface area contributed by atoms with E-state index in [1.54, 1.807) is 0 Å². The Bertz CT molecular complexity index is 431. The molecule has 0 unspecified atom stereocenters. The summed E-state index contributed by atoms with van der Waals surface area (Å²) in [6.07, 6.45) is 1.42. The first-order chi connectivity index (χ1) is 8.17. The van der Waals surface area contributed by atoms with Gasteiger partial charge < -0.3 is 9.22 Å². The zero-order chi connectivity index (χ0) is 14.0. The number of aryl methyl sites for hydroxylation is 1. The summed E-state index contributed by atoms with van der Waals surface area (Å²) in [4.78, 5) is 10.5. The molecule has 0 saturated carbocycles. The van der Waals surface area contributed by atoms with Crippen LogP contribution in [-0.2, 0) is 11.2 Å². The first-order valence-corrected chi connectivity index (χ1v) is 9.30. The number of rotatable bonds is 4. The van der Waals surface area contributed by atoms with Gasteiger partial charge in [-0.3, -0.25) is 0 Å². The SMILES string of the molecule is Cc1cc(O[Si](C)(C)C(C)(C)C)ccc1CC=O. The Hall–Kier alpha value is -1.09. The van der Waals surface area contributed by atoms with Crippen LogP contribution in [0, 0.1) is 6.92 Å². The first kappa shape index (κ1) is 15.0. The zero-order valence-electron chi connectivity index (χ0n) is 12.3. The lowest BCUT2D eigenvalue weighted by Gasteiger charge is -2.36. The Labute approximate surface area is 111 Å². The molecule has 1 aromatic rings. The molecule has 0 aliphatic carbocycles. The van der Waals surface area contributed by atoms with Gasteiger partial charge in [0, 0.05) is 6.42 Å². The van der Waals surface area contributed by atoms with Crippen molar-refractivity contribution >= 4 is 14.6 Å². The van der Waals surface area contributed by atoms with E-state index < -0.39 is 8.32 Å². The van der Waals surface area contributed by atoms with Gasteiger partial charge in [-0.25, -0.2) is 0 Å². The van der Waals surface area contributed by atoms with Crippen molar-refractivity contribution in [2.24, 2.45) is 0 Å². The minimum Gasteiger partial charge on any atom is -0.543 e. The summed E-state index contributed by atoms with van der Waals surface area (Å²) in [5.74, 6) is 0.925. The third-order valence-electron chi connectivity index (χ3n) is 3.80. The smallest absolute Gasteiger partial charge is 0.250 e. The largest absolute Gasteiger partial charge is 0.543 e. The van der Waals surface area contributed by atoms with Crippen molar-refractivity contribution in [1.82, 2.24) is 0 Å². The highest BCUT2D eigenvalue weighted by Gasteiger charge is 2.38. The monoisotopic (exact) mass is 264 g/mol. The number of carbonyl (C=O) groups excluding carboxylic acids is 1. The van der Waals surface area contributed by atoms with Crippen LogP contribution in [0.15, 0.2) is 18.2 Å². The second-order valence-electron chi connectivity index (χ2n) is 6.32. The van der Waals surface area contributed by atoms with E-state index in [-0.39, 0.29) is 5.04 Å². The third kappa shape index (κ3) is 3.45. The maximum atomic E-state index is 10.5. The highest BCUT2D eigenvalue weighted by atomic mass is 28.4. The molecule has 0 amide bonds. The summed E-state index contributed by atoms with van der Waals surface area (Å²) in [5, 5.41) is 0.197.